The zero-order valence-electron chi connectivity index (χ0n) is 30.3. The Hall–Kier alpha value is -6.65. The molecule has 0 radical (unpaired) electrons. The maximum atomic E-state index is 9.02. The van der Waals surface area contributed by atoms with Crippen molar-refractivity contribution in [2.45, 2.75) is 0 Å². The summed E-state index contributed by atoms with van der Waals surface area (Å²) in [5.74, 6) is 1.67. The Balaban J connectivity index is 1.17. The first-order valence-corrected chi connectivity index (χ1v) is 16.1. The maximum absolute atomic E-state index is 9.02. The minimum absolute atomic E-state index is 0.0648. The molecule has 4 heteroatoms. The topological polar surface area (TPSA) is 43.6 Å². The van der Waals surface area contributed by atoms with Crippen molar-refractivity contribution in [1.82, 2.24) is 19.5 Å². The fourth-order valence-corrected chi connectivity index (χ4v) is 6.35. The van der Waals surface area contributed by atoms with Gasteiger partial charge in [0, 0.05) is 33.2 Å². The first kappa shape index (κ1) is 24.5. The van der Waals surface area contributed by atoms with Crippen molar-refractivity contribution >= 4 is 21.8 Å². The zero-order chi connectivity index (χ0) is 36.1. The van der Waals surface area contributed by atoms with Crippen molar-refractivity contribution in [2.24, 2.45) is 0 Å². The second-order valence-corrected chi connectivity index (χ2v) is 11.8. The van der Waals surface area contributed by atoms with Gasteiger partial charge >= 0.3 is 0 Å². The van der Waals surface area contributed by atoms with Crippen LogP contribution in [0.15, 0.2) is 182 Å². The van der Waals surface area contributed by atoms with Gasteiger partial charge in [0.1, 0.15) is 0 Å². The lowest BCUT2D eigenvalue weighted by Gasteiger charge is -2.11. The summed E-state index contributed by atoms with van der Waals surface area (Å²) < 4.78 is 37.0. The molecule has 0 aliphatic rings. The number of benzene rings is 7. The first-order valence-electron chi connectivity index (χ1n) is 18.1. The average molecular weight is 631 g/mol. The summed E-state index contributed by atoms with van der Waals surface area (Å²) in [5.41, 5.74) is 8.74. The van der Waals surface area contributed by atoms with Crippen LogP contribution in [0, 0.1) is 0 Å². The second-order valence-electron chi connectivity index (χ2n) is 11.8. The van der Waals surface area contributed by atoms with Crippen molar-refractivity contribution in [3.8, 4) is 62.1 Å². The van der Waals surface area contributed by atoms with Crippen molar-refractivity contribution in [1.29, 1.82) is 0 Å². The van der Waals surface area contributed by atoms with E-state index in [1.807, 2.05) is 126 Å². The molecule has 0 spiro atoms. The number of hydrogen-bond donors (Lipinski definition) is 0. The lowest BCUT2D eigenvalue weighted by Crippen LogP contribution is -2.00. The molecule has 49 heavy (non-hydrogen) atoms. The SMILES string of the molecule is [2H]c1c([2H])c([2H])c2c(c1[2H])c1cc(-c3ccc(-c4ccccc4)cc3)ccc1n2-c1ccc(-c2nc(-c3ccccc3)nc(-c3ccccc3)n2)cc1. The number of nitrogens with zero attached hydrogens (tertiary/aromatic N) is 4. The molecule has 0 saturated heterocycles. The molecule has 0 aliphatic carbocycles. The van der Waals surface area contributed by atoms with Crippen LogP contribution in [0.25, 0.3) is 83.9 Å². The molecule has 0 amide bonds. The molecule has 230 valence electrons. The van der Waals surface area contributed by atoms with Crippen LogP contribution >= 0.6 is 0 Å². The van der Waals surface area contributed by atoms with Crippen LogP contribution < -0.4 is 0 Å². The molecule has 9 rings (SSSR count). The largest absolute Gasteiger partial charge is 0.309 e. The van der Waals surface area contributed by atoms with E-state index in [0.717, 1.165) is 55.5 Å². The van der Waals surface area contributed by atoms with Gasteiger partial charge in [-0.3, -0.25) is 0 Å². The second kappa shape index (κ2) is 12.2. The van der Waals surface area contributed by atoms with E-state index >= 15 is 0 Å². The highest BCUT2D eigenvalue weighted by atomic mass is 15.0. The van der Waals surface area contributed by atoms with E-state index in [2.05, 4.69) is 36.4 Å². The molecule has 9 aromatic rings. The van der Waals surface area contributed by atoms with Gasteiger partial charge in [-0.25, -0.2) is 15.0 Å². The predicted molar refractivity (Wildman–Crippen MR) is 201 cm³/mol. The van der Waals surface area contributed by atoms with Gasteiger partial charge in [-0.2, -0.15) is 0 Å². The summed E-state index contributed by atoms with van der Waals surface area (Å²) >= 11 is 0. The molecular formula is C45H30N4. The third-order valence-corrected chi connectivity index (χ3v) is 8.81. The van der Waals surface area contributed by atoms with Crippen LogP contribution in [-0.4, -0.2) is 19.5 Å². The van der Waals surface area contributed by atoms with Crippen LogP contribution in [-0.2, 0) is 0 Å². The summed E-state index contributed by atoms with van der Waals surface area (Å²) in [6.07, 6.45) is 0. The summed E-state index contributed by atoms with van der Waals surface area (Å²) in [6.45, 7) is 0. The molecule has 0 atom stereocenters. The lowest BCUT2D eigenvalue weighted by molar-refractivity contribution is 1.07. The fraction of sp³-hybridized carbons (Fsp3) is 0. The van der Waals surface area contributed by atoms with Crippen molar-refractivity contribution < 1.29 is 5.48 Å². The smallest absolute Gasteiger partial charge is 0.164 e. The Morgan fingerprint density at radius 1 is 0.367 bits per heavy atom. The Bertz CT molecular complexity index is 2730. The van der Waals surface area contributed by atoms with Crippen molar-refractivity contribution in [2.75, 3.05) is 0 Å². The van der Waals surface area contributed by atoms with Crippen LogP contribution in [0.4, 0.5) is 0 Å². The number of para-hydroxylation sites is 1. The molecule has 2 aromatic heterocycles. The molecule has 4 nitrogen and oxygen atoms in total. The first-order chi connectivity index (χ1) is 25.9. The van der Waals surface area contributed by atoms with Crippen molar-refractivity contribution in [3.63, 3.8) is 0 Å². The normalized spacial score (nSPS) is 12.4. The highest BCUT2D eigenvalue weighted by Crippen LogP contribution is 2.36. The third-order valence-electron chi connectivity index (χ3n) is 8.81. The van der Waals surface area contributed by atoms with Crippen LogP contribution in [0.2, 0.25) is 0 Å². The van der Waals surface area contributed by atoms with Gasteiger partial charge in [-0.05, 0) is 64.7 Å². The van der Waals surface area contributed by atoms with Gasteiger partial charge in [-0.1, -0.05) is 139 Å². The number of aromatic nitrogens is 4. The van der Waals surface area contributed by atoms with E-state index in [1.54, 1.807) is 0 Å². The van der Waals surface area contributed by atoms with E-state index in [4.69, 9.17) is 20.4 Å². The van der Waals surface area contributed by atoms with Gasteiger partial charge in [0.2, 0.25) is 0 Å². The highest BCUT2D eigenvalue weighted by molar-refractivity contribution is 6.10. The molecule has 7 aromatic carbocycles. The van der Waals surface area contributed by atoms with Crippen molar-refractivity contribution in [3.05, 3.63) is 182 Å². The van der Waals surface area contributed by atoms with E-state index in [1.165, 1.54) is 0 Å². The molecular weight excluding hydrogens is 597 g/mol. The number of hydrogen-bond acceptors (Lipinski definition) is 3. The van der Waals surface area contributed by atoms with Gasteiger partial charge in [0.05, 0.1) is 16.5 Å². The van der Waals surface area contributed by atoms with Gasteiger partial charge in [-0.15, -0.1) is 0 Å². The van der Waals surface area contributed by atoms with Gasteiger partial charge in [0.25, 0.3) is 0 Å². The molecule has 2 heterocycles. The number of rotatable bonds is 6. The highest BCUT2D eigenvalue weighted by Gasteiger charge is 2.15. The summed E-state index contributed by atoms with van der Waals surface area (Å²) in [6, 6.07) is 51.4. The van der Waals surface area contributed by atoms with Crippen LogP contribution in [0.5, 0.6) is 0 Å². The molecule has 0 aliphatic heterocycles. The molecule has 0 fully saturated rings. The fourth-order valence-electron chi connectivity index (χ4n) is 6.35. The van der Waals surface area contributed by atoms with Crippen LogP contribution in [0.3, 0.4) is 0 Å². The van der Waals surface area contributed by atoms with Crippen LogP contribution in [0.1, 0.15) is 5.48 Å². The third kappa shape index (κ3) is 5.35. The Morgan fingerprint density at radius 2 is 0.796 bits per heavy atom. The molecule has 0 saturated carbocycles. The van der Waals surface area contributed by atoms with E-state index in [-0.39, 0.29) is 24.2 Å². The maximum Gasteiger partial charge on any atom is 0.164 e. The quantitative estimate of drug-likeness (QED) is 0.184. The Morgan fingerprint density at radius 3 is 1.37 bits per heavy atom. The van der Waals surface area contributed by atoms with Gasteiger partial charge < -0.3 is 4.57 Å². The molecule has 0 unspecified atom stereocenters. The average Bonchev–Trinajstić information content (AvgIpc) is 3.58. The minimum atomic E-state index is -0.271. The summed E-state index contributed by atoms with van der Waals surface area (Å²) in [7, 11) is 0. The van der Waals surface area contributed by atoms with E-state index in [0.29, 0.717) is 28.4 Å². The van der Waals surface area contributed by atoms with E-state index < -0.39 is 0 Å². The summed E-state index contributed by atoms with van der Waals surface area (Å²) in [4.78, 5) is 14.5. The number of fused-ring (bicyclic) bond motifs is 3. The minimum Gasteiger partial charge on any atom is -0.309 e. The monoisotopic (exact) mass is 630 g/mol. The predicted octanol–water partition coefficient (Wildman–Crippen LogP) is 11.3. The molecule has 0 N–H and O–H groups in total. The Kier molecular flexibility index (Phi) is 6.09. The van der Waals surface area contributed by atoms with Gasteiger partial charge in [0.15, 0.2) is 17.5 Å². The lowest BCUT2D eigenvalue weighted by atomic mass is 9.99. The van der Waals surface area contributed by atoms with E-state index in [9.17, 15) is 0 Å². The Labute approximate surface area is 290 Å². The molecule has 0 bridgehead atoms. The zero-order valence-corrected chi connectivity index (χ0v) is 26.3. The summed E-state index contributed by atoms with van der Waals surface area (Å²) in [5, 5.41) is 1.23. The standard InChI is InChI=1S/C45H30N4/c1-4-12-31(13-5-1)32-20-22-33(23-21-32)37-26-29-42-40(30-37)39-18-10-11-19-41(39)49(42)38-27-24-36(25-28-38)45-47-43(34-14-6-2-7-15-34)46-44(48-45)35-16-8-3-9-17-35/h1-30H/i10D,11D,18D,19D.